The van der Waals surface area contributed by atoms with Crippen molar-refractivity contribution < 1.29 is 4.79 Å². The van der Waals surface area contributed by atoms with Gasteiger partial charge in [-0.05, 0) is 31.2 Å². The van der Waals surface area contributed by atoms with Crippen LogP contribution >= 0.6 is 11.3 Å². The Morgan fingerprint density at radius 3 is 2.56 bits per heavy atom. The predicted molar refractivity (Wildman–Crippen MR) is 102 cm³/mol. The lowest BCUT2D eigenvalue weighted by Gasteiger charge is -2.13. The van der Waals surface area contributed by atoms with Crippen molar-refractivity contribution in [2.75, 3.05) is 0 Å². The highest BCUT2D eigenvalue weighted by Gasteiger charge is 2.22. The monoisotopic (exact) mass is 351 g/mol. The first-order valence-electron chi connectivity index (χ1n) is 8.15. The van der Waals surface area contributed by atoms with Crippen molar-refractivity contribution in [1.82, 2.24) is 14.8 Å². The van der Waals surface area contributed by atoms with E-state index in [1.165, 1.54) is 11.3 Å². The first-order chi connectivity index (χ1) is 11.8. The van der Waals surface area contributed by atoms with Gasteiger partial charge in [-0.3, -0.25) is 4.79 Å². The molecule has 0 spiro atoms. The number of allylic oxidation sites excluding steroid dienone is 1. The van der Waals surface area contributed by atoms with E-state index in [1.807, 2.05) is 43.5 Å². The quantitative estimate of drug-likeness (QED) is 0.499. The van der Waals surface area contributed by atoms with Gasteiger partial charge in [-0.2, -0.15) is 5.10 Å². The van der Waals surface area contributed by atoms with Gasteiger partial charge in [0.05, 0.1) is 27.5 Å². The fourth-order valence-electron chi connectivity index (χ4n) is 2.34. The van der Waals surface area contributed by atoms with Crippen molar-refractivity contribution in [2.45, 2.75) is 33.1 Å². The molecule has 128 valence electrons. The molecule has 0 aliphatic heterocycles. The average molecular weight is 351 g/mol. The van der Waals surface area contributed by atoms with Crippen LogP contribution < -0.4 is 0 Å². The molecule has 0 unspecified atom stereocenters. The lowest BCUT2D eigenvalue weighted by atomic mass is 9.98. The number of benzene rings is 1. The number of carbonyl (C=O) groups is 1. The van der Waals surface area contributed by atoms with Gasteiger partial charge < -0.3 is 0 Å². The van der Waals surface area contributed by atoms with E-state index < -0.39 is 0 Å². The molecule has 2 aromatic heterocycles. The van der Waals surface area contributed by atoms with Gasteiger partial charge in [0.25, 0.3) is 0 Å². The van der Waals surface area contributed by atoms with Crippen LogP contribution in [0.3, 0.4) is 0 Å². The molecule has 3 rings (SSSR count). The van der Waals surface area contributed by atoms with Crippen LogP contribution in [0.25, 0.3) is 11.8 Å². The van der Waals surface area contributed by atoms with E-state index in [1.54, 1.807) is 23.0 Å². The Morgan fingerprint density at radius 2 is 1.92 bits per heavy atom. The normalized spacial score (nSPS) is 12.0. The number of ketones is 1. The predicted octanol–water partition coefficient (Wildman–Crippen LogP) is 4.83. The topological polar surface area (TPSA) is 47.8 Å². The van der Waals surface area contributed by atoms with Crippen molar-refractivity contribution in [2.24, 2.45) is 0 Å². The summed E-state index contributed by atoms with van der Waals surface area (Å²) in [7, 11) is 0. The summed E-state index contributed by atoms with van der Waals surface area (Å²) in [5, 5.41) is 5.32. The fraction of sp³-hybridized carbons (Fsp3) is 0.250. The number of thiazole rings is 1. The zero-order chi connectivity index (χ0) is 18.0. The van der Waals surface area contributed by atoms with Crippen molar-refractivity contribution in [3.8, 4) is 5.69 Å². The van der Waals surface area contributed by atoms with Crippen LogP contribution in [0.15, 0.2) is 48.8 Å². The lowest BCUT2D eigenvalue weighted by molar-refractivity contribution is 0.105. The highest BCUT2D eigenvalue weighted by atomic mass is 32.1. The highest BCUT2D eigenvalue weighted by molar-refractivity contribution is 7.14. The standard InChI is InChI=1S/C20H21N3OS/c1-14-18(25-19(22-14)20(2,3)4)17(24)11-10-15-12-21-23(13-15)16-8-6-5-7-9-16/h5-13H,1-4H3/b11-10+. The van der Waals surface area contributed by atoms with Gasteiger partial charge in [-0.25, -0.2) is 9.67 Å². The number of hydrogen-bond donors (Lipinski definition) is 0. The Kier molecular flexibility index (Phi) is 4.68. The molecule has 0 aliphatic carbocycles. The molecule has 0 saturated heterocycles. The third-order valence-corrected chi connectivity index (χ3v) is 5.31. The van der Waals surface area contributed by atoms with Crippen LogP contribution in [-0.4, -0.2) is 20.5 Å². The minimum Gasteiger partial charge on any atom is -0.288 e. The third-order valence-electron chi connectivity index (χ3n) is 3.71. The maximum Gasteiger partial charge on any atom is 0.197 e. The number of para-hydroxylation sites is 1. The lowest BCUT2D eigenvalue weighted by Crippen LogP contribution is -2.10. The third kappa shape index (κ3) is 3.94. The van der Waals surface area contributed by atoms with Gasteiger partial charge in [0.1, 0.15) is 0 Å². The molecule has 0 aliphatic rings. The summed E-state index contributed by atoms with van der Waals surface area (Å²) in [6.07, 6.45) is 7.04. The van der Waals surface area contributed by atoms with Crippen molar-refractivity contribution in [3.05, 3.63) is 69.9 Å². The smallest absolute Gasteiger partial charge is 0.197 e. The molecular weight excluding hydrogens is 330 g/mol. The Labute approximate surface area is 151 Å². The van der Waals surface area contributed by atoms with Crippen LogP contribution in [0.4, 0.5) is 0 Å². The SMILES string of the molecule is Cc1nc(C(C)(C)C)sc1C(=O)/C=C/c1cnn(-c2ccccc2)c1. The number of aromatic nitrogens is 3. The molecule has 0 atom stereocenters. The second kappa shape index (κ2) is 6.76. The molecule has 0 N–H and O–H groups in total. The minimum absolute atomic E-state index is 0.0158. The number of nitrogens with zero attached hydrogens (tertiary/aromatic N) is 3. The van der Waals surface area contributed by atoms with Gasteiger partial charge in [-0.1, -0.05) is 39.0 Å². The van der Waals surface area contributed by atoms with Gasteiger partial charge in [-0.15, -0.1) is 11.3 Å². The second-order valence-corrected chi connectivity index (χ2v) is 7.93. The van der Waals surface area contributed by atoms with E-state index in [9.17, 15) is 4.79 Å². The van der Waals surface area contributed by atoms with E-state index in [2.05, 4.69) is 30.9 Å². The molecule has 0 radical (unpaired) electrons. The van der Waals surface area contributed by atoms with Gasteiger partial charge >= 0.3 is 0 Å². The van der Waals surface area contributed by atoms with E-state index in [-0.39, 0.29) is 11.2 Å². The zero-order valence-electron chi connectivity index (χ0n) is 14.9. The maximum atomic E-state index is 12.5. The van der Waals surface area contributed by atoms with Gasteiger partial charge in [0.2, 0.25) is 0 Å². The summed E-state index contributed by atoms with van der Waals surface area (Å²) >= 11 is 1.48. The number of hydrogen-bond acceptors (Lipinski definition) is 4. The van der Waals surface area contributed by atoms with E-state index >= 15 is 0 Å². The summed E-state index contributed by atoms with van der Waals surface area (Å²) < 4.78 is 1.79. The Hall–Kier alpha value is -2.53. The Balaban J connectivity index is 1.78. The maximum absolute atomic E-state index is 12.5. The number of rotatable bonds is 4. The van der Waals surface area contributed by atoms with Crippen LogP contribution in [0, 0.1) is 6.92 Å². The summed E-state index contributed by atoms with van der Waals surface area (Å²) in [6.45, 7) is 8.20. The molecule has 4 nitrogen and oxygen atoms in total. The summed E-state index contributed by atoms with van der Waals surface area (Å²) in [4.78, 5) is 17.8. The number of carbonyl (C=O) groups excluding carboxylic acids is 1. The molecule has 0 saturated carbocycles. The Bertz CT molecular complexity index is 914. The van der Waals surface area contributed by atoms with Crippen molar-refractivity contribution >= 4 is 23.2 Å². The Morgan fingerprint density at radius 1 is 1.20 bits per heavy atom. The minimum atomic E-state index is -0.0471. The molecule has 0 fully saturated rings. The molecule has 25 heavy (non-hydrogen) atoms. The zero-order valence-corrected chi connectivity index (χ0v) is 15.7. The molecule has 3 aromatic rings. The summed E-state index contributed by atoms with van der Waals surface area (Å²) in [5.74, 6) is -0.0158. The van der Waals surface area contributed by atoms with Crippen LogP contribution in [-0.2, 0) is 5.41 Å². The van der Waals surface area contributed by atoms with Crippen LogP contribution in [0.2, 0.25) is 0 Å². The van der Waals surface area contributed by atoms with Crippen molar-refractivity contribution in [3.63, 3.8) is 0 Å². The van der Waals surface area contributed by atoms with Crippen LogP contribution in [0.1, 0.15) is 46.7 Å². The molecule has 1 aromatic carbocycles. The first-order valence-corrected chi connectivity index (χ1v) is 8.96. The first kappa shape index (κ1) is 17.3. The van der Waals surface area contributed by atoms with Gasteiger partial charge in [0.15, 0.2) is 5.78 Å². The largest absolute Gasteiger partial charge is 0.288 e. The average Bonchev–Trinajstić information content (AvgIpc) is 3.20. The van der Waals surface area contributed by atoms with Crippen molar-refractivity contribution in [1.29, 1.82) is 0 Å². The van der Waals surface area contributed by atoms with E-state index in [0.717, 1.165) is 22.0 Å². The highest BCUT2D eigenvalue weighted by Crippen LogP contribution is 2.29. The molecule has 0 amide bonds. The van der Waals surface area contributed by atoms with E-state index in [0.29, 0.717) is 4.88 Å². The van der Waals surface area contributed by atoms with Gasteiger partial charge in [0, 0.05) is 17.2 Å². The molecule has 2 heterocycles. The molecule has 5 heteroatoms. The van der Waals surface area contributed by atoms with E-state index in [4.69, 9.17) is 0 Å². The summed E-state index contributed by atoms with van der Waals surface area (Å²) in [6, 6.07) is 9.88. The number of aryl methyl sites for hydroxylation is 1. The second-order valence-electron chi connectivity index (χ2n) is 6.93. The molecule has 0 bridgehead atoms. The summed E-state index contributed by atoms with van der Waals surface area (Å²) in [5.41, 5.74) is 2.62. The molecular formula is C20H21N3OS. The fourth-order valence-corrected chi connectivity index (χ4v) is 3.38. The van der Waals surface area contributed by atoms with Crippen LogP contribution in [0.5, 0.6) is 0 Å².